The maximum absolute atomic E-state index is 11.5. The lowest BCUT2D eigenvalue weighted by Crippen LogP contribution is -2.50. The largest absolute Gasteiger partial charge is 0.358 e. The van der Waals surface area contributed by atoms with E-state index in [1.807, 2.05) is 7.05 Å². The fourth-order valence-corrected chi connectivity index (χ4v) is 3.71. The number of guanidine groups is 1. The Morgan fingerprint density at radius 3 is 2.62 bits per heavy atom. The summed E-state index contributed by atoms with van der Waals surface area (Å²) >= 11 is 0. The van der Waals surface area contributed by atoms with Crippen molar-refractivity contribution >= 4 is 11.9 Å². The van der Waals surface area contributed by atoms with E-state index in [4.69, 9.17) is 0 Å². The van der Waals surface area contributed by atoms with Crippen LogP contribution in [0, 0.1) is 5.92 Å². The van der Waals surface area contributed by atoms with E-state index >= 15 is 0 Å². The second kappa shape index (κ2) is 9.03. The first kappa shape index (κ1) is 18.7. The molecule has 1 aromatic carbocycles. The zero-order chi connectivity index (χ0) is 18.4. The molecule has 2 atom stereocenters. The van der Waals surface area contributed by atoms with Crippen LogP contribution in [0.3, 0.4) is 0 Å². The van der Waals surface area contributed by atoms with Gasteiger partial charge in [0.25, 0.3) is 0 Å². The molecule has 1 saturated heterocycles. The van der Waals surface area contributed by atoms with Gasteiger partial charge in [-0.25, -0.2) is 0 Å². The molecule has 0 aromatic heterocycles. The van der Waals surface area contributed by atoms with Crippen LogP contribution in [-0.4, -0.2) is 63.1 Å². The lowest BCUT2D eigenvalue weighted by atomic mass is 10.1. The second-order valence-electron chi connectivity index (χ2n) is 7.33. The molecule has 2 unspecified atom stereocenters. The van der Waals surface area contributed by atoms with E-state index in [0.29, 0.717) is 24.4 Å². The Kier molecular flexibility index (Phi) is 6.50. The van der Waals surface area contributed by atoms with Crippen molar-refractivity contribution in [3.63, 3.8) is 0 Å². The Hall–Kier alpha value is -2.08. The molecule has 1 heterocycles. The molecule has 26 heavy (non-hydrogen) atoms. The quantitative estimate of drug-likeness (QED) is 0.528. The van der Waals surface area contributed by atoms with Crippen LogP contribution in [0.4, 0.5) is 0 Å². The smallest absolute Gasteiger partial charge is 0.233 e. The zero-order valence-corrected chi connectivity index (χ0v) is 15.9. The molecule has 1 saturated carbocycles. The first-order chi connectivity index (χ1) is 12.7. The molecule has 1 aliphatic heterocycles. The maximum Gasteiger partial charge on any atom is 0.233 e. The lowest BCUT2D eigenvalue weighted by molar-refractivity contribution is -0.122. The summed E-state index contributed by atoms with van der Waals surface area (Å²) in [7, 11) is 3.52. The molecule has 0 radical (unpaired) electrons. The minimum atomic E-state index is 0.0892. The molecule has 2 fully saturated rings. The van der Waals surface area contributed by atoms with E-state index in [-0.39, 0.29) is 5.91 Å². The van der Waals surface area contributed by atoms with Crippen LogP contribution in [-0.2, 0) is 4.79 Å². The standard InChI is InChI=1S/C20H31N5O/c1-21-19(26)14-25-10-8-17(9-11-25)24-20(22-2)23-13-16-12-18(16)15-6-4-3-5-7-15/h3-7,16-18H,8-14H2,1-2H3,(H,21,26)(H2,22,23,24). The van der Waals surface area contributed by atoms with Gasteiger partial charge in [-0.3, -0.25) is 14.7 Å². The number of hydrogen-bond donors (Lipinski definition) is 3. The van der Waals surface area contributed by atoms with Crippen LogP contribution in [0.1, 0.15) is 30.7 Å². The summed E-state index contributed by atoms with van der Waals surface area (Å²) in [6.45, 7) is 3.36. The van der Waals surface area contributed by atoms with Gasteiger partial charge in [0, 0.05) is 39.8 Å². The Bertz CT molecular complexity index is 610. The van der Waals surface area contributed by atoms with Crippen LogP contribution in [0.15, 0.2) is 35.3 Å². The summed E-state index contributed by atoms with van der Waals surface area (Å²) in [5.74, 6) is 2.37. The maximum atomic E-state index is 11.5. The highest BCUT2D eigenvalue weighted by Gasteiger charge is 2.37. The fraction of sp³-hybridized carbons (Fsp3) is 0.600. The van der Waals surface area contributed by atoms with Crippen molar-refractivity contribution in [3.8, 4) is 0 Å². The van der Waals surface area contributed by atoms with Gasteiger partial charge in [-0.15, -0.1) is 0 Å². The summed E-state index contributed by atoms with van der Waals surface area (Å²) in [4.78, 5) is 18.1. The molecule has 142 valence electrons. The molecule has 3 N–H and O–H groups in total. The zero-order valence-electron chi connectivity index (χ0n) is 15.9. The second-order valence-corrected chi connectivity index (χ2v) is 7.33. The van der Waals surface area contributed by atoms with E-state index in [0.717, 1.165) is 38.4 Å². The van der Waals surface area contributed by atoms with Crippen LogP contribution in [0.25, 0.3) is 0 Å². The number of amides is 1. The molecular formula is C20H31N5O. The summed E-state index contributed by atoms with van der Waals surface area (Å²) in [5, 5.41) is 9.72. The predicted molar refractivity (Wildman–Crippen MR) is 105 cm³/mol. The number of nitrogens with one attached hydrogen (secondary N) is 3. The van der Waals surface area contributed by atoms with E-state index in [9.17, 15) is 4.79 Å². The molecule has 3 rings (SSSR count). The number of aliphatic imine (C=N–C) groups is 1. The van der Waals surface area contributed by atoms with Crippen molar-refractivity contribution in [1.29, 1.82) is 0 Å². The highest BCUT2D eigenvalue weighted by atomic mass is 16.1. The lowest BCUT2D eigenvalue weighted by Gasteiger charge is -2.32. The van der Waals surface area contributed by atoms with E-state index in [1.165, 1.54) is 12.0 Å². The number of hydrogen-bond acceptors (Lipinski definition) is 3. The van der Waals surface area contributed by atoms with Gasteiger partial charge in [0.05, 0.1) is 6.54 Å². The molecule has 6 heteroatoms. The third-order valence-electron chi connectivity index (χ3n) is 5.48. The molecular weight excluding hydrogens is 326 g/mol. The minimum absolute atomic E-state index is 0.0892. The Morgan fingerprint density at radius 1 is 1.23 bits per heavy atom. The van der Waals surface area contributed by atoms with Crippen molar-refractivity contribution in [2.75, 3.05) is 40.3 Å². The van der Waals surface area contributed by atoms with E-state index in [1.54, 1.807) is 7.05 Å². The summed E-state index contributed by atoms with van der Waals surface area (Å²) in [6, 6.07) is 11.2. The Labute approximate surface area is 156 Å². The number of carbonyl (C=O) groups excluding carboxylic acids is 1. The molecule has 1 aromatic rings. The normalized spacial score (nSPS) is 24.2. The van der Waals surface area contributed by atoms with Crippen LogP contribution < -0.4 is 16.0 Å². The number of piperidine rings is 1. The summed E-state index contributed by atoms with van der Waals surface area (Å²) in [5.41, 5.74) is 1.45. The number of nitrogens with zero attached hydrogens (tertiary/aromatic N) is 2. The van der Waals surface area contributed by atoms with Gasteiger partial charge < -0.3 is 16.0 Å². The van der Waals surface area contributed by atoms with E-state index < -0.39 is 0 Å². The van der Waals surface area contributed by atoms with Crippen molar-refractivity contribution in [2.45, 2.75) is 31.2 Å². The van der Waals surface area contributed by atoms with Crippen molar-refractivity contribution in [1.82, 2.24) is 20.9 Å². The number of likely N-dealkylation sites (tertiary alicyclic amines) is 1. The monoisotopic (exact) mass is 357 g/mol. The van der Waals surface area contributed by atoms with Gasteiger partial charge in [-0.1, -0.05) is 30.3 Å². The summed E-state index contributed by atoms with van der Waals surface area (Å²) in [6.07, 6.45) is 3.33. The third kappa shape index (κ3) is 5.21. The topological polar surface area (TPSA) is 68.8 Å². The molecule has 0 spiro atoms. The minimum Gasteiger partial charge on any atom is -0.358 e. The van der Waals surface area contributed by atoms with Gasteiger partial charge in [0.1, 0.15) is 0 Å². The van der Waals surface area contributed by atoms with Crippen LogP contribution in [0.2, 0.25) is 0 Å². The SMILES string of the molecule is CN=C(NCC1CC1c1ccccc1)NC1CCN(CC(=O)NC)CC1. The molecule has 2 aliphatic rings. The first-order valence-corrected chi connectivity index (χ1v) is 9.64. The average molecular weight is 358 g/mol. The van der Waals surface area contributed by atoms with Crippen molar-refractivity contribution < 1.29 is 4.79 Å². The highest BCUT2D eigenvalue weighted by molar-refractivity contribution is 5.80. The first-order valence-electron chi connectivity index (χ1n) is 9.64. The third-order valence-corrected chi connectivity index (χ3v) is 5.48. The molecule has 0 bridgehead atoms. The highest BCUT2D eigenvalue weighted by Crippen LogP contribution is 2.46. The van der Waals surface area contributed by atoms with Gasteiger partial charge in [-0.05, 0) is 36.7 Å². The van der Waals surface area contributed by atoms with Crippen LogP contribution in [0.5, 0.6) is 0 Å². The number of likely N-dealkylation sites (N-methyl/N-ethyl adjacent to an activating group) is 1. The fourth-order valence-electron chi connectivity index (χ4n) is 3.71. The average Bonchev–Trinajstić information content (AvgIpc) is 3.46. The van der Waals surface area contributed by atoms with Crippen molar-refractivity contribution in [2.24, 2.45) is 10.9 Å². The van der Waals surface area contributed by atoms with Gasteiger partial charge in [0.2, 0.25) is 5.91 Å². The van der Waals surface area contributed by atoms with Gasteiger partial charge in [0.15, 0.2) is 5.96 Å². The predicted octanol–water partition coefficient (Wildman–Crippen LogP) is 1.17. The Morgan fingerprint density at radius 2 is 1.96 bits per heavy atom. The number of benzene rings is 1. The van der Waals surface area contributed by atoms with Gasteiger partial charge >= 0.3 is 0 Å². The van der Waals surface area contributed by atoms with Gasteiger partial charge in [-0.2, -0.15) is 0 Å². The Balaban J connectivity index is 1.36. The van der Waals surface area contributed by atoms with E-state index in [2.05, 4.69) is 56.2 Å². The number of carbonyl (C=O) groups is 1. The molecule has 1 amide bonds. The van der Waals surface area contributed by atoms with Crippen LogP contribution >= 0.6 is 0 Å². The van der Waals surface area contributed by atoms with Crippen molar-refractivity contribution in [3.05, 3.63) is 35.9 Å². The summed E-state index contributed by atoms with van der Waals surface area (Å²) < 4.78 is 0. The number of rotatable bonds is 6. The molecule has 1 aliphatic carbocycles. The molecule has 6 nitrogen and oxygen atoms in total.